The molecule has 0 aromatic heterocycles. The van der Waals surface area contributed by atoms with Gasteiger partial charge in [0, 0.05) is 24.2 Å². The van der Waals surface area contributed by atoms with Crippen molar-refractivity contribution in [3.8, 4) is 11.1 Å². The van der Waals surface area contributed by atoms with Crippen molar-refractivity contribution in [2.45, 2.75) is 27.3 Å². The van der Waals surface area contributed by atoms with E-state index in [1.165, 1.54) is 12.0 Å². The van der Waals surface area contributed by atoms with Gasteiger partial charge in [-0.15, -0.1) is 0 Å². The van der Waals surface area contributed by atoms with Crippen LogP contribution in [0.5, 0.6) is 0 Å². The van der Waals surface area contributed by atoms with Crippen LogP contribution in [0, 0.1) is 5.92 Å². The minimum absolute atomic E-state index is 0.0201. The molecule has 0 spiro atoms. The molecule has 2 aromatic rings. The number of carbonyl (C=O) groups is 4. The van der Waals surface area contributed by atoms with Gasteiger partial charge in [0.2, 0.25) is 0 Å². The maximum absolute atomic E-state index is 13.1. The quantitative estimate of drug-likeness (QED) is 0.428. The number of methoxy groups -OCH3 is 1. The fourth-order valence-corrected chi connectivity index (χ4v) is 4.10. The fourth-order valence-electron chi connectivity index (χ4n) is 4.10. The highest BCUT2D eigenvalue weighted by Gasteiger charge is 2.33. The SMILES string of the molecule is C=C(NC(=O)C(=C)N1Cc2c(cccc2-c2ccc(C(=O)N(CC)CC(C)C)cc2)C1=O)C(=O)OC. The van der Waals surface area contributed by atoms with Crippen LogP contribution < -0.4 is 5.32 Å². The Labute approximate surface area is 211 Å². The van der Waals surface area contributed by atoms with Crippen LogP contribution in [-0.2, 0) is 20.9 Å². The van der Waals surface area contributed by atoms with Gasteiger partial charge < -0.3 is 15.0 Å². The molecule has 1 heterocycles. The third kappa shape index (κ3) is 5.38. The second-order valence-corrected chi connectivity index (χ2v) is 8.91. The van der Waals surface area contributed by atoms with Gasteiger partial charge >= 0.3 is 5.97 Å². The van der Waals surface area contributed by atoms with Crippen LogP contribution in [0.25, 0.3) is 11.1 Å². The summed E-state index contributed by atoms with van der Waals surface area (Å²) in [5.74, 6) is -1.53. The average Bonchev–Trinajstić information content (AvgIpc) is 3.22. The average molecular weight is 490 g/mol. The predicted octanol–water partition coefficient (Wildman–Crippen LogP) is 3.74. The van der Waals surface area contributed by atoms with Gasteiger partial charge in [0.15, 0.2) is 0 Å². The van der Waals surface area contributed by atoms with E-state index in [0.29, 0.717) is 30.1 Å². The first-order valence-electron chi connectivity index (χ1n) is 11.7. The van der Waals surface area contributed by atoms with Crippen LogP contribution in [-0.4, -0.2) is 53.7 Å². The van der Waals surface area contributed by atoms with Crippen molar-refractivity contribution < 1.29 is 23.9 Å². The van der Waals surface area contributed by atoms with E-state index in [1.54, 1.807) is 24.3 Å². The van der Waals surface area contributed by atoms with Gasteiger partial charge in [-0.25, -0.2) is 4.79 Å². The number of nitrogens with one attached hydrogen (secondary N) is 1. The Hall–Kier alpha value is -4.20. The maximum Gasteiger partial charge on any atom is 0.353 e. The summed E-state index contributed by atoms with van der Waals surface area (Å²) in [6.45, 7) is 14.8. The van der Waals surface area contributed by atoms with E-state index >= 15 is 0 Å². The molecule has 1 N–H and O–H groups in total. The molecule has 1 aliphatic heterocycles. The lowest BCUT2D eigenvalue weighted by Gasteiger charge is -2.23. The molecule has 3 rings (SSSR count). The molecule has 0 saturated carbocycles. The van der Waals surface area contributed by atoms with Gasteiger partial charge in [0.1, 0.15) is 11.4 Å². The van der Waals surface area contributed by atoms with Crippen LogP contribution in [0.15, 0.2) is 67.0 Å². The lowest BCUT2D eigenvalue weighted by Crippen LogP contribution is -2.36. The minimum atomic E-state index is -0.789. The highest BCUT2D eigenvalue weighted by Crippen LogP contribution is 2.34. The number of esters is 1. The predicted molar refractivity (Wildman–Crippen MR) is 137 cm³/mol. The zero-order valence-corrected chi connectivity index (χ0v) is 21.1. The molecule has 1 aliphatic rings. The molecule has 8 nitrogen and oxygen atoms in total. The van der Waals surface area contributed by atoms with E-state index in [9.17, 15) is 19.2 Å². The van der Waals surface area contributed by atoms with Crippen molar-refractivity contribution in [3.63, 3.8) is 0 Å². The summed E-state index contributed by atoms with van der Waals surface area (Å²) >= 11 is 0. The van der Waals surface area contributed by atoms with Crippen LogP contribution in [0.1, 0.15) is 47.1 Å². The first-order chi connectivity index (χ1) is 17.1. The summed E-state index contributed by atoms with van der Waals surface area (Å²) < 4.78 is 4.53. The van der Waals surface area contributed by atoms with Crippen LogP contribution in [0.4, 0.5) is 0 Å². The van der Waals surface area contributed by atoms with Crippen molar-refractivity contribution in [1.82, 2.24) is 15.1 Å². The first-order valence-corrected chi connectivity index (χ1v) is 11.7. The zero-order chi connectivity index (χ0) is 26.6. The molecule has 0 radical (unpaired) electrons. The number of nitrogens with zero attached hydrogens (tertiary/aromatic N) is 2. The molecule has 2 aromatic carbocycles. The summed E-state index contributed by atoms with van der Waals surface area (Å²) in [6.07, 6.45) is 0. The molecule has 0 atom stereocenters. The van der Waals surface area contributed by atoms with E-state index in [2.05, 4.69) is 37.1 Å². The Morgan fingerprint density at radius 1 is 1.08 bits per heavy atom. The number of hydrogen-bond acceptors (Lipinski definition) is 5. The van der Waals surface area contributed by atoms with E-state index < -0.39 is 11.9 Å². The summed E-state index contributed by atoms with van der Waals surface area (Å²) in [5, 5.41) is 2.31. The Morgan fingerprint density at radius 2 is 1.72 bits per heavy atom. The van der Waals surface area contributed by atoms with Gasteiger partial charge in [-0.3, -0.25) is 19.3 Å². The van der Waals surface area contributed by atoms with Gasteiger partial charge in [-0.05, 0) is 47.7 Å². The van der Waals surface area contributed by atoms with Crippen LogP contribution >= 0.6 is 0 Å². The number of carbonyl (C=O) groups excluding carboxylic acids is 4. The zero-order valence-electron chi connectivity index (χ0n) is 21.1. The monoisotopic (exact) mass is 489 g/mol. The van der Waals surface area contributed by atoms with Gasteiger partial charge in [-0.1, -0.05) is 51.3 Å². The highest BCUT2D eigenvalue weighted by molar-refractivity contribution is 6.08. The molecule has 36 heavy (non-hydrogen) atoms. The smallest absolute Gasteiger partial charge is 0.353 e. The van der Waals surface area contributed by atoms with Gasteiger partial charge in [0.25, 0.3) is 17.7 Å². The van der Waals surface area contributed by atoms with Crippen molar-refractivity contribution in [1.29, 1.82) is 0 Å². The Morgan fingerprint density at radius 3 is 2.31 bits per heavy atom. The minimum Gasteiger partial charge on any atom is -0.464 e. The Kier molecular flexibility index (Phi) is 8.09. The standard InChI is InChI=1S/C28H31N3O5/c1-7-30(15-17(2)3)26(33)21-13-11-20(12-14-21)22-9-8-10-23-24(22)16-31(27(23)34)19(5)25(32)29-18(4)28(35)36-6/h8-14,17H,4-5,7,15-16H2,1-3,6H3,(H,29,32). The van der Waals surface area contributed by atoms with Crippen LogP contribution in [0.2, 0.25) is 0 Å². The first kappa shape index (κ1) is 26.4. The number of hydrogen-bond donors (Lipinski definition) is 1. The lowest BCUT2D eigenvalue weighted by molar-refractivity contribution is -0.137. The fraction of sp³-hybridized carbons (Fsp3) is 0.286. The van der Waals surface area contributed by atoms with Gasteiger partial charge in [0.05, 0.1) is 13.7 Å². The number of benzene rings is 2. The number of rotatable bonds is 9. The third-order valence-electron chi connectivity index (χ3n) is 5.95. The lowest BCUT2D eigenvalue weighted by atomic mass is 9.96. The molecule has 188 valence electrons. The van der Waals surface area contributed by atoms with Crippen molar-refractivity contribution >= 4 is 23.7 Å². The Bertz CT molecular complexity index is 1230. The van der Waals surface area contributed by atoms with E-state index in [1.807, 2.05) is 30.0 Å². The van der Waals surface area contributed by atoms with Crippen molar-refractivity contribution in [2.75, 3.05) is 20.2 Å². The Balaban J connectivity index is 1.82. The normalized spacial score (nSPS) is 12.2. The van der Waals surface area contributed by atoms with Gasteiger partial charge in [-0.2, -0.15) is 0 Å². The third-order valence-corrected chi connectivity index (χ3v) is 5.95. The van der Waals surface area contributed by atoms with E-state index in [4.69, 9.17) is 0 Å². The molecule has 0 bridgehead atoms. The topological polar surface area (TPSA) is 96.0 Å². The van der Waals surface area contributed by atoms with E-state index in [-0.39, 0.29) is 29.8 Å². The summed E-state index contributed by atoms with van der Waals surface area (Å²) in [5.41, 5.74) is 3.11. The summed E-state index contributed by atoms with van der Waals surface area (Å²) in [4.78, 5) is 53.1. The second-order valence-electron chi connectivity index (χ2n) is 8.91. The van der Waals surface area contributed by atoms with Crippen molar-refractivity contribution in [3.05, 3.63) is 83.7 Å². The molecule has 0 saturated heterocycles. The molecule has 0 unspecified atom stereocenters. The molecular weight excluding hydrogens is 458 g/mol. The number of fused-ring (bicyclic) bond motifs is 1. The van der Waals surface area contributed by atoms with Crippen LogP contribution in [0.3, 0.4) is 0 Å². The largest absolute Gasteiger partial charge is 0.464 e. The highest BCUT2D eigenvalue weighted by atomic mass is 16.5. The number of amides is 3. The molecule has 8 heteroatoms. The van der Waals surface area contributed by atoms with Crippen molar-refractivity contribution in [2.24, 2.45) is 5.92 Å². The molecule has 0 aliphatic carbocycles. The number of ether oxygens (including phenoxy) is 1. The molecular formula is C28H31N3O5. The maximum atomic E-state index is 13.1. The molecule has 0 fully saturated rings. The van der Waals surface area contributed by atoms with E-state index in [0.717, 1.165) is 16.7 Å². The summed E-state index contributed by atoms with van der Waals surface area (Å²) in [6, 6.07) is 12.7. The molecule has 3 amide bonds. The summed E-state index contributed by atoms with van der Waals surface area (Å²) in [7, 11) is 1.17. The second kappa shape index (κ2) is 11.0.